The van der Waals surface area contributed by atoms with Crippen LogP contribution < -0.4 is 4.72 Å². The van der Waals surface area contributed by atoms with Crippen LogP contribution in [0.5, 0.6) is 0 Å². The van der Waals surface area contributed by atoms with Crippen molar-refractivity contribution in [2.75, 3.05) is 26.3 Å². The van der Waals surface area contributed by atoms with Crippen LogP contribution in [0.2, 0.25) is 0 Å². The van der Waals surface area contributed by atoms with Gasteiger partial charge in [-0.25, -0.2) is 4.72 Å². The predicted octanol–water partition coefficient (Wildman–Crippen LogP) is -0.984. The molecule has 94 valence electrons. The van der Waals surface area contributed by atoms with Crippen LogP contribution in [0.4, 0.5) is 0 Å². The molecule has 7 nitrogen and oxygen atoms in total. The molecule has 1 aliphatic rings. The maximum absolute atomic E-state index is 11.8. The van der Waals surface area contributed by atoms with E-state index in [0.717, 1.165) is 4.31 Å². The molecule has 1 unspecified atom stereocenters. The lowest BCUT2D eigenvalue weighted by Gasteiger charge is -2.31. The number of carbonyl (C=O) groups is 1. The van der Waals surface area contributed by atoms with E-state index >= 15 is 0 Å². The van der Waals surface area contributed by atoms with E-state index in [0.29, 0.717) is 13.0 Å². The van der Waals surface area contributed by atoms with E-state index in [1.807, 2.05) is 6.92 Å². The van der Waals surface area contributed by atoms with Gasteiger partial charge in [-0.2, -0.15) is 12.7 Å². The van der Waals surface area contributed by atoms with E-state index in [1.165, 1.54) is 0 Å². The van der Waals surface area contributed by atoms with Gasteiger partial charge in [0.1, 0.15) is 6.04 Å². The topological polar surface area (TPSA) is 95.9 Å². The Morgan fingerprint density at radius 1 is 1.62 bits per heavy atom. The first-order valence-electron chi connectivity index (χ1n) is 5.06. The predicted molar refractivity (Wildman–Crippen MR) is 56.2 cm³/mol. The first kappa shape index (κ1) is 13.4. The summed E-state index contributed by atoms with van der Waals surface area (Å²) in [6.45, 7) is 2.30. The molecule has 0 aromatic rings. The van der Waals surface area contributed by atoms with E-state index in [-0.39, 0.29) is 19.8 Å². The maximum atomic E-state index is 11.8. The van der Waals surface area contributed by atoms with Gasteiger partial charge in [-0.15, -0.1) is 0 Å². The molecule has 1 aliphatic heterocycles. The highest BCUT2D eigenvalue weighted by atomic mass is 32.2. The molecular formula is C8H16N2O5S. The number of hydrogen-bond acceptors (Lipinski definition) is 4. The van der Waals surface area contributed by atoms with Crippen molar-refractivity contribution in [3.05, 3.63) is 0 Å². The number of nitrogens with one attached hydrogen (secondary N) is 1. The molecule has 1 rings (SSSR count). The molecule has 0 amide bonds. The molecule has 1 fully saturated rings. The zero-order valence-corrected chi connectivity index (χ0v) is 9.87. The zero-order chi connectivity index (χ0) is 12.2. The van der Waals surface area contributed by atoms with E-state index in [4.69, 9.17) is 9.84 Å². The fourth-order valence-electron chi connectivity index (χ4n) is 1.38. The average molecular weight is 252 g/mol. The van der Waals surface area contributed by atoms with Crippen LogP contribution in [-0.2, 0) is 19.7 Å². The molecular weight excluding hydrogens is 236 g/mol. The van der Waals surface area contributed by atoms with E-state index < -0.39 is 22.2 Å². The first-order chi connectivity index (χ1) is 7.49. The maximum Gasteiger partial charge on any atom is 0.324 e. The Labute approximate surface area is 94.6 Å². The normalized spacial score (nSPS) is 23.2. The lowest BCUT2D eigenvalue weighted by Crippen LogP contribution is -2.55. The standard InChI is InChI=1S/C8H16N2O5S/c1-2-3-9-16(13,14)10-4-5-15-6-7(10)8(11)12/h7,9H,2-6H2,1H3,(H,11,12). The molecule has 0 spiro atoms. The summed E-state index contributed by atoms with van der Waals surface area (Å²) >= 11 is 0. The summed E-state index contributed by atoms with van der Waals surface area (Å²) < 4.78 is 31.8. The summed E-state index contributed by atoms with van der Waals surface area (Å²) in [5, 5.41) is 8.88. The van der Waals surface area contributed by atoms with Crippen molar-refractivity contribution in [2.45, 2.75) is 19.4 Å². The molecule has 1 saturated heterocycles. The summed E-state index contributed by atoms with van der Waals surface area (Å²) in [5.74, 6) is -1.19. The lowest BCUT2D eigenvalue weighted by atomic mass is 10.3. The van der Waals surface area contributed by atoms with Gasteiger partial charge < -0.3 is 9.84 Å². The number of rotatable bonds is 5. The van der Waals surface area contributed by atoms with Crippen molar-refractivity contribution in [2.24, 2.45) is 0 Å². The molecule has 8 heteroatoms. The number of aliphatic carboxylic acids is 1. The van der Waals surface area contributed by atoms with Crippen molar-refractivity contribution in [3.8, 4) is 0 Å². The van der Waals surface area contributed by atoms with Gasteiger partial charge in [-0.05, 0) is 6.42 Å². The summed E-state index contributed by atoms with van der Waals surface area (Å²) in [4.78, 5) is 10.9. The Balaban J connectivity index is 2.78. The number of carboxylic acids is 1. The summed E-state index contributed by atoms with van der Waals surface area (Å²) in [7, 11) is -3.72. The molecule has 0 radical (unpaired) electrons. The molecule has 16 heavy (non-hydrogen) atoms. The van der Waals surface area contributed by atoms with Crippen molar-refractivity contribution < 1.29 is 23.1 Å². The van der Waals surface area contributed by atoms with Crippen molar-refractivity contribution in [3.63, 3.8) is 0 Å². The van der Waals surface area contributed by atoms with Gasteiger partial charge in [0.2, 0.25) is 0 Å². The van der Waals surface area contributed by atoms with Crippen LogP contribution in [0.25, 0.3) is 0 Å². The Morgan fingerprint density at radius 3 is 2.88 bits per heavy atom. The quantitative estimate of drug-likeness (QED) is 0.655. The van der Waals surface area contributed by atoms with Gasteiger partial charge in [0.15, 0.2) is 0 Å². The number of carboxylic acid groups (broad SMARTS) is 1. The molecule has 0 bridgehead atoms. The second kappa shape index (κ2) is 5.58. The van der Waals surface area contributed by atoms with Crippen molar-refractivity contribution in [1.29, 1.82) is 0 Å². The van der Waals surface area contributed by atoms with Gasteiger partial charge >= 0.3 is 5.97 Å². The minimum absolute atomic E-state index is 0.0655. The number of ether oxygens (including phenoxy) is 1. The van der Waals surface area contributed by atoms with Gasteiger partial charge in [0.25, 0.3) is 10.2 Å². The summed E-state index contributed by atoms with van der Waals surface area (Å²) in [6, 6.07) is -1.14. The largest absolute Gasteiger partial charge is 0.480 e. The van der Waals surface area contributed by atoms with Gasteiger partial charge in [-0.1, -0.05) is 6.92 Å². The number of hydrogen-bond donors (Lipinski definition) is 2. The van der Waals surface area contributed by atoms with Crippen LogP contribution in [-0.4, -0.2) is 56.1 Å². The molecule has 0 aliphatic carbocycles. The number of nitrogens with zero attached hydrogens (tertiary/aromatic N) is 1. The van der Waals surface area contributed by atoms with Gasteiger partial charge in [0, 0.05) is 13.1 Å². The molecule has 0 aromatic heterocycles. The highest BCUT2D eigenvalue weighted by molar-refractivity contribution is 7.87. The summed E-state index contributed by atoms with van der Waals surface area (Å²) in [6.07, 6.45) is 0.654. The van der Waals surface area contributed by atoms with Crippen LogP contribution in [0.1, 0.15) is 13.3 Å². The monoisotopic (exact) mass is 252 g/mol. The highest BCUT2D eigenvalue weighted by Gasteiger charge is 2.37. The third kappa shape index (κ3) is 3.14. The fraction of sp³-hybridized carbons (Fsp3) is 0.875. The van der Waals surface area contributed by atoms with Crippen LogP contribution in [0.3, 0.4) is 0 Å². The van der Waals surface area contributed by atoms with Crippen LogP contribution >= 0.6 is 0 Å². The molecule has 1 atom stereocenters. The van der Waals surface area contributed by atoms with E-state index in [9.17, 15) is 13.2 Å². The van der Waals surface area contributed by atoms with Crippen LogP contribution in [0, 0.1) is 0 Å². The van der Waals surface area contributed by atoms with Crippen molar-refractivity contribution >= 4 is 16.2 Å². The highest BCUT2D eigenvalue weighted by Crippen LogP contribution is 2.11. The molecule has 2 N–H and O–H groups in total. The second-order valence-electron chi connectivity index (χ2n) is 3.44. The van der Waals surface area contributed by atoms with E-state index in [1.54, 1.807) is 0 Å². The third-order valence-electron chi connectivity index (χ3n) is 2.21. The fourth-order valence-corrected chi connectivity index (χ4v) is 2.81. The van der Waals surface area contributed by atoms with Gasteiger partial charge in [0.05, 0.1) is 13.2 Å². The minimum Gasteiger partial charge on any atom is -0.480 e. The Hall–Kier alpha value is -0.700. The minimum atomic E-state index is -3.72. The molecule has 0 aromatic carbocycles. The van der Waals surface area contributed by atoms with Gasteiger partial charge in [-0.3, -0.25) is 4.79 Å². The summed E-state index contributed by atoms with van der Waals surface area (Å²) in [5.41, 5.74) is 0. The smallest absolute Gasteiger partial charge is 0.324 e. The zero-order valence-electron chi connectivity index (χ0n) is 9.05. The average Bonchev–Trinajstić information content (AvgIpc) is 2.26. The lowest BCUT2D eigenvalue weighted by molar-refractivity contribution is -0.146. The SMILES string of the molecule is CCCNS(=O)(=O)N1CCOCC1C(=O)O. The Morgan fingerprint density at radius 2 is 2.31 bits per heavy atom. The first-order valence-corrected chi connectivity index (χ1v) is 6.50. The number of morpholine rings is 1. The third-order valence-corrected chi connectivity index (χ3v) is 3.83. The Bertz CT molecular complexity index is 342. The second-order valence-corrected chi connectivity index (χ2v) is 5.15. The molecule has 1 heterocycles. The van der Waals surface area contributed by atoms with Crippen LogP contribution in [0.15, 0.2) is 0 Å². The Kier molecular flexibility index (Phi) is 4.66. The molecule has 0 saturated carbocycles. The van der Waals surface area contributed by atoms with Crippen molar-refractivity contribution in [1.82, 2.24) is 9.03 Å². The van der Waals surface area contributed by atoms with E-state index in [2.05, 4.69) is 4.72 Å².